The van der Waals surface area contributed by atoms with Crippen LogP contribution >= 0.6 is 0 Å². The maximum absolute atomic E-state index is 14.6. The highest BCUT2D eigenvalue weighted by molar-refractivity contribution is 5.97. The fraction of sp³-hybridized carbons (Fsp3) is 0.441. The number of amides is 2. The summed E-state index contributed by atoms with van der Waals surface area (Å²) in [6.07, 6.45) is -6.41. The first-order valence-corrected chi connectivity index (χ1v) is 15.6. The molecule has 0 bridgehead atoms. The van der Waals surface area contributed by atoms with E-state index >= 15 is 0 Å². The van der Waals surface area contributed by atoms with Crippen molar-refractivity contribution in [1.29, 1.82) is 0 Å². The Labute approximate surface area is 272 Å². The average Bonchev–Trinajstić information content (AvgIpc) is 3.06. The molecule has 14 heteroatoms. The number of likely N-dealkylation sites (tertiary alicyclic amines) is 2. The summed E-state index contributed by atoms with van der Waals surface area (Å²) in [6, 6.07) is 8.99. The molecule has 2 atom stereocenters. The molecule has 2 saturated heterocycles. The summed E-state index contributed by atoms with van der Waals surface area (Å²) in [7, 11) is 0. The molecule has 1 aromatic heterocycles. The van der Waals surface area contributed by atoms with Gasteiger partial charge in [0.15, 0.2) is 0 Å². The van der Waals surface area contributed by atoms with Gasteiger partial charge in [-0.25, -0.2) is 4.39 Å². The van der Waals surface area contributed by atoms with Crippen molar-refractivity contribution < 1.29 is 49.8 Å². The smallest absolute Gasteiger partial charge is 0.417 e. The van der Waals surface area contributed by atoms with E-state index in [2.05, 4.69) is 4.98 Å². The van der Waals surface area contributed by atoms with Crippen LogP contribution in [0.5, 0.6) is 11.5 Å². The molecule has 2 aromatic carbocycles. The molecule has 0 N–H and O–H groups in total. The van der Waals surface area contributed by atoms with Crippen molar-refractivity contribution in [3.8, 4) is 11.5 Å². The highest BCUT2D eigenvalue weighted by Gasteiger charge is 2.56. The third kappa shape index (κ3) is 7.52. The van der Waals surface area contributed by atoms with Gasteiger partial charge >= 0.3 is 12.4 Å². The lowest BCUT2D eigenvalue weighted by Gasteiger charge is -2.50. The molecule has 3 heterocycles. The van der Waals surface area contributed by atoms with Crippen LogP contribution in [-0.2, 0) is 17.1 Å². The van der Waals surface area contributed by atoms with E-state index in [9.17, 15) is 40.3 Å². The molecule has 0 radical (unpaired) electrons. The molecule has 2 aliphatic heterocycles. The summed E-state index contributed by atoms with van der Waals surface area (Å²) < 4.78 is 108. The van der Waals surface area contributed by atoms with E-state index in [1.165, 1.54) is 34.1 Å². The number of piperidine rings is 2. The molecular weight excluding hydrogens is 647 g/mol. The van der Waals surface area contributed by atoms with Gasteiger partial charge in [-0.15, -0.1) is 0 Å². The molecule has 5 rings (SSSR count). The van der Waals surface area contributed by atoms with Crippen molar-refractivity contribution in [2.24, 2.45) is 0 Å². The van der Waals surface area contributed by atoms with Crippen molar-refractivity contribution >= 4 is 11.8 Å². The highest BCUT2D eigenvalue weighted by Crippen LogP contribution is 2.41. The van der Waals surface area contributed by atoms with Gasteiger partial charge in [0.05, 0.1) is 22.7 Å². The molecule has 3 aromatic rings. The summed E-state index contributed by atoms with van der Waals surface area (Å²) in [5, 5.41) is 0. The number of hydrogen-bond acceptors (Lipinski definition) is 5. The topological polar surface area (TPSA) is 72.0 Å². The Kier molecular flexibility index (Phi) is 10.2. The van der Waals surface area contributed by atoms with E-state index in [-0.39, 0.29) is 50.8 Å². The third-order valence-corrected chi connectivity index (χ3v) is 8.73. The minimum absolute atomic E-state index is 0.0225. The van der Waals surface area contributed by atoms with Crippen LogP contribution in [0.25, 0.3) is 0 Å². The van der Waals surface area contributed by atoms with Crippen LogP contribution in [0.4, 0.5) is 30.7 Å². The van der Waals surface area contributed by atoms with Crippen molar-refractivity contribution in [3.05, 3.63) is 89.5 Å². The number of carbonyl (C=O) groups excluding carboxylic acids is 2. The lowest BCUT2D eigenvalue weighted by molar-refractivity contribution is -0.161. The van der Waals surface area contributed by atoms with Gasteiger partial charge in [-0.2, -0.15) is 26.3 Å². The van der Waals surface area contributed by atoms with Crippen LogP contribution in [0.15, 0.2) is 67.0 Å². The largest absolute Gasteiger partial charge is 0.490 e. The van der Waals surface area contributed by atoms with Crippen LogP contribution in [0.2, 0.25) is 0 Å². The van der Waals surface area contributed by atoms with Gasteiger partial charge in [-0.1, -0.05) is 13.3 Å². The summed E-state index contributed by atoms with van der Waals surface area (Å²) in [6.45, 7) is 2.22. The molecule has 0 saturated carbocycles. The Hall–Kier alpha value is -4.36. The zero-order valence-electron chi connectivity index (χ0n) is 26.0. The SMILES string of the molecule is CCC[C@H]1N(C(=O)c2cnccc2C(F)(F)F)CCC[C@@]1(Oc1ccc(C(F)(F)F)cc1)C(=O)N1CCC(Oc2ccc(F)cc2)CC1. The lowest BCUT2D eigenvalue weighted by Crippen LogP contribution is -2.68. The molecular formula is C34H34F7N3O4. The minimum atomic E-state index is -4.85. The quantitative estimate of drug-likeness (QED) is 0.230. The van der Waals surface area contributed by atoms with Crippen LogP contribution in [0, 0.1) is 5.82 Å². The maximum Gasteiger partial charge on any atom is 0.417 e. The van der Waals surface area contributed by atoms with Crippen LogP contribution < -0.4 is 9.47 Å². The van der Waals surface area contributed by atoms with Gasteiger partial charge in [0, 0.05) is 51.3 Å². The van der Waals surface area contributed by atoms with Gasteiger partial charge in [0.1, 0.15) is 23.4 Å². The number of nitrogens with zero attached hydrogens (tertiary/aromatic N) is 3. The second-order valence-corrected chi connectivity index (χ2v) is 11.9. The van der Waals surface area contributed by atoms with E-state index in [1.807, 2.05) is 0 Å². The first kappa shape index (κ1) is 35.0. The van der Waals surface area contributed by atoms with Gasteiger partial charge in [-0.3, -0.25) is 14.6 Å². The fourth-order valence-electron chi connectivity index (χ4n) is 6.44. The number of ether oxygens (including phenoxy) is 2. The van der Waals surface area contributed by atoms with Crippen molar-refractivity contribution in [3.63, 3.8) is 0 Å². The van der Waals surface area contributed by atoms with E-state index in [0.717, 1.165) is 36.7 Å². The number of benzene rings is 2. The first-order valence-electron chi connectivity index (χ1n) is 15.6. The molecule has 0 aliphatic carbocycles. The number of hydrogen-bond donors (Lipinski definition) is 0. The maximum atomic E-state index is 14.6. The zero-order chi connectivity index (χ0) is 34.7. The van der Waals surface area contributed by atoms with Crippen LogP contribution in [0.1, 0.15) is 66.9 Å². The molecule has 0 spiro atoms. The number of carbonyl (C=O) groups is 2. The van der Waals surface area contributed by atoms with Crippen molar-refractivity contribution in [1.82, 2.24) is 14.8 Å². The highest BCUT2D eigenvalue weighted by atomic mass is 19.4. The lowest BCUT2D eigenvalue weighted by atomic mass is 9.79. The average molecular weight is 682 g/mol. The van der Waals surface area contributed by atoms with Gasteiger partial charge in [0.25, 0.3) is 11.8 Å². The van der Waals surface area contributed by atoms with E-state index in [1.54, 1.807) is 6.92 Å². The van der Waals surface area contributed by atoms with Crippen molar-refractivity contribution in [2.75, 3.05) is 19.6 Å². The number of alkyl halides is 6. The first-order chi connectivity index (χ1) is 22.7. The number of rotatable bonds is 8. The van der Waals surface area contributed by atoms with E-state index < -0.39 is 58.3 Å². The Balaban J connectivity index is 1.48. The summed E-state index contributed by atoms with van der Waals surface area (Å²) in [4.78, 5) is 35.1. The summed E-state index contributed by atoms with van der Waals surface area (Å²) in [5.74, 6) is -1.52. The zero-order valence-corrected chi connectivity index (χ0v) is 26.0. The second kappa shape index (κ2) is 14.0. The molecule has 7 nitrogen and oxygen atoms in total. The summed E-state index contributed by atoms with van der Waals surface area (Å²) in [5.41, 5.74) is -4.61. The number of aromatic nitrogens is 1. The minimum Gasteiger partial charge on any atom is -0.490 e. The van der Waals surface area contributed by atoms with Gasteiger partial charge in [0.2, 0.25) is 5.60 Å². The van der Waals surface area contributed by atoms with Crippen molar-refractivity contribution in [2.45, 2.75) is 75.5 Å². The molecule has 0 unspecified atom stereocenters. The Morgan fingerprint density at radius 1 is 0.896 bits per heavy atom. The Morgan fingerprint density at radius 3 is 2.15 bits per heavy atom. The molecule has 2 amide bonds. The second-order valence-electron chi connectivity index (χ2n) is 11.9. The Morgan fingerprint density at radius 2 is 1.54 bits per heavy atom. The molecule has 258 valence electrons. The molecule has 2 fully saturated rings. The third-order valence-electron chi connectivity index (χ3n) is 8.73. The standard InChI is InChI=1S/C34H34F7N3O4/c1-2-4-29-32(48-26-9-5-22(6-10-26)33(36,37)38,16-3-18-44(29)30(45)27-21-42-17-13-28(27)34(39,40)41)31(46)43-19-14-25(15-20-43)47-24-11-7-23(35)8-12-24/h5-13,17,21,25,29H,2-4,14-16,18-20H2,1H3/t29-,32+/m1/s1. The molecule has 2 aliphatic rings. The van der Waals surface area contributed by atoms with Gasteiger partial charge < -0.3 is 19.3 Å². The van der Waals surface area contributed by atoms with Crippen LogP contribution in [-0.4, -0.2) is 64.0 Å². The van der Waals surface area contributed by atoms with E-state index in [4.69, 9.17) is 9.47 Å². The van der Waals surface area contributed by atoms with E-state index in [0.29, 0.717) is 31.1 Å². The number of halogens is 7. The van der Waals surface area contributed by atoms with Crippen LogP contribution in [0.3, 0.4) is 0 Å². The normalized spacial score (nSPS) is 20.8. The Bertz CT molecular complexity index is 1570. The molecule has 48 heavy (non-hydrogen) atoms. The summed E-state index contributed by atoms with van der Waals surface area (Å²) >= 11 is 0. The fourth-order valence-corrected chi connectivity index (χ4v) is 6.44. The predicted octanol–water partition coefficient (Wildman–Crippen LogP) is 7.55. The monoisotopic (exact) mass is 681 g/mol. The van der Waals surface area contributed by atoms with Gasteiger partial charge in [-0.05, 0) is 67.4 Å². The predicted molar refractivity (Wildman–Crippen MR) is 160 cm³/mol. The number of pyridine rings is 1.